The van der Waals surface area contributed by atoms with Crippen molar-refractivity contribution in [2.24, 2.45) is 0 Å². The van der Waals surface area contributed by atoms with E-state index in [1.165, 1.54) is 66.4 Å². The molecule has 236 valence electrons. The van der Waals surface area contributed by atoms with E-state index in [4.69, 9.17) is 0 Å². The van der Waals surface area contributed by atoms with Crippen LogP contribution in [0.1, 0.15) is 63.9 Å². The molecule has 0 aliphatic carbocycles. The summed E-state index contributed by atoms with van der Waals surface area (Å²) in [6.07, 6.45) is 11.5. The van der Waals surface area contributed by atoms with E-state index in [0.29, 0.717) is 0 Å². The Labute approximate surface area is 283 Å². The summed E-state index contributed by atoms with van der Waals surface area (Å²) in [5.74, 6) is 0. The van der Waals surface area contributed by atoms with Gasteiger partial charge in [0.2, 0.25) is 0 Å². The average Bonchev–Trinajstić information content (AvgIpc) is 3.08. The van der Waals surface area contributed by atoms with Crippen LogP contribution in [0.15, 0.2) is 153 Å². The molecule has 0 atom stereocenters. The Morgan fingerprint density at radius 2 is 1.38 bits per heavy atom. The Kier molecular flexibility index (Phi) is 12.1. The molecule has 0 radical (unpaired) electrons. The minimum atomic E-state index is 1.01. The van der Waals surface area contributed by atoms with Gasteiger partial charge in [0.05, 0.1) is 0 Å². The second kappa shape index (κ2) is 16.4. The van der Waals surface area contributed by atoms with E-state index in [-0.39, 0.29) is 0 Å². The molecule has 5 aromatic carbocycles. The van der Waals surface area contributed by atoms with Crippen molar-refractivity contribution in [3.05, 3.63) is 203 Å². The first kappa shape index (κ1) is 34.7. The zero-order valence-corrected chi connectivity index (χ0v) is 29.0. The first-order valence-electron chi connectivity index (χ1n) is 16.4. The maximum atomic E-state index is 4.28. The smallest absolute Gasteiger partial charge is 0.0149 e. The van der Waals surface area contributed by atoms with Crippen molar-refractivity contribution in [1.82, 2.24) is 0 Å². The minimum absolute atomic E-state index is 1.01. The van der Waals surface area contributed by atoms with Crippen LogP contribution in [-0.2, 0) is 6.42 Å². The van der Waals surface area contributed by atoms with Crippen molar-refractivity contribution < 1.29 is 0 Å². The Morgan fingerprint density at radius 3 is 2.09 bits per heavy atom. The molecule has 0 fully saturated rings. The molecule has 5 aromatic rings. The number of aryl methyl sites for hydroxylation is 5. The SMILES string of the molecule is C=C(/C=C\c1ccc2ccccc2c1C)c1ccc(C)cc1.C=C/C(=C/C=C(\C)c1ccc(C)cc1CC)C(=C)c1ccccc1C. The molecule has 0 aromatic heterocycles. The molecule has 0 bridgehead atoms. The minimum Gasteiger partial charge on any atom is -0.0984 e. The van der Waals surface area contributed by atoms with Crippen LogP contribution in [-0.4, -0.2) is 0 Å². The molecular weight excluding hydrogens is 565 g/mol. The van der Waals surface area contributed by atoms with Gasteiger partial charge in [-0.15, -0.1) is 0 Å². The van der Waals surface area contributed by atoms with Gasteiger partial charge in [0.15, 0.2) is 0 Å². The molecular formula is C47H48. The summed E-state index contributed by atoms with van der Waals surface area (Å²) < 4.78 is 0. The lowest BCUT2D eigenvalue weighted by molar-refractivity contribution is 1.12. The van der Waals surface area contributed by atoms with Gasteiger partial charge >= 0.3 is 0 Å². The number of hydrogen-bond acceptors (Lipinski definition) is 0. The van der Waals surface area contributed by atoms with Crippen molar-refractivity contribution in [2.45, 2.75) is 48.0 Å². The van der Waals surface area contributed by atoms with Crippen LogP contribution in [0, 0.1) is 27.7 Å². The van der Waals surface area contributed by atoms with E-state index in [1.54, 1.807) is 0 Å². The molecule has 0 saturated carbocycles. The van der Waals surface area contributed by atoms with E-state index in [9.17, 15) is 0 Å². The van der Waals surface area contributed by atoms with Gasteiger partial charge in [-0.05, 0) is 113 Å². The van der Waals surface area contributed by atoms with Gasteiger partial charge < -0.3 is 0 Å². The van der Waals surface area contributed by atoms with E-state index in [0.717, 1.165) is 23.1 Å². The van der Waals surface area contributed by atoms with Gasteiger partial charge in [-0.3, -0.25) is 0 Å². The molecule has 0 heterocycles. The van der Waals surface area contributed by atoms with Gasteiger partial charge in [0.1, 0.15) is 0 Å². The Balaban J connectivity index is 0.000000214. The highest BCUT2D eigenvalue weighted by molar-refractivity contribution is 5.89. The normalized spacial score (nSPS) is 11.7. The molecule has 0 unspecified atom stereocenters. The van der Waals surface area contributed by atoms with Crippen molar-refractivity contribution in [1.29, 1.82) is 0 Å². The van der Waals surface area contributed by atoms with Gasteiger partial charge in [0.25, 0.3) is 0 Å². The van der Waals surface area contributed by atoms with Gasteiger partial charge in [-0.2, -0.15) is 0 Å². The number of rotatable bonds is 9. The molecule has 0 N–H and O–H groups in total. The van der Waals surface area contributed by atoms with Crippen LogP contribution < -0.4 is 0 Å². The molecule has 47 heavy (non-hydrogen) atoms. The van der Waals surface area contributed by atoms with Crippen LogP contribution in [0.4, 0.5) is 0 Å². The first-order chi connectivity index (χ1) is 22.6. The van der Waals surface area contributed by atoms with Crippen LogP contribution >= 0.6 is 0 Å². The summed E-state index contributed by atoms with van der Waals surface area (Å²) in [6.45, 7) is 25.3. The predicted molar refractivity (Wildman–Crippen MR) is 211 cm³/mol. The lowest BCUT2D eigenvalue weighted by Gasteiger charge is -2.11. The highest BCUT2D eigenvalue weighted by Gasteiger charge is 2.06. The summed E-state index contributed by atoms with van der Waals surface area (Å²) >= 11 is 0. The number of benzene rings is 5. The lowest BCUT2D eigenvalue weighted by atomic mass is 9.94. The van der Waals surface area contributed by atoms with Crippen LogP contribution in [0.3, 0.4) is 0 Å². The van der Waals surface area contributed by atoms with Gasteiger partial charge in [0, 0.05) is 0 Å². The third-order valence-electron chi connectivity index (χ3n) is 8.74. The third-order valence-corrected chi connectivity index (χ3v) is 8.74. The zero-order valence-electron chi connectivity index (χ0n) is 29.0. The number of hydrogen-bond donors (Lipinski definition) is 0. The first-order valence-corrected chi connectivity index (χ1v) is 16.4. The standard InChI is InChI=1S/C25H28.C22H20/c1-7-22(21(6)24-12-10-9-11-19(24)4)15-14-20(5)25-16-13-18(3)17-23(25)8-2;1-16-8-11-19(12-9-16)17(2)10-13-20-14-15-21-6-4-5-7-22(21)18(20)3/h7,9-17H,1,6,8H2,2-5H3;4-15H,2H2,1,3H3/b20-14+,22-15-;13-10-. The fourth-order valence-corrected chi connectivity index (χ4v) is 5.74. The second-order valence-electron chi connectivity index (χ2n) is 12.2. The topological polar surface area (TPSA) is 0 Å². The van der Waals surface area contributed by atoms with Crippen LogP contribution in [0.5, 0.6) is 0 Å². The molecule has 5 rings (SSSR count). The summed E-state index contributed by atoms with van der Waals surface area (Å²) in [6, 6.07) is 36.3. The Bertz CT molecular complexity index is 1990. The molecule has 0 spiro atoms. The Hall–Kier alpha value is -5.20. The fraction of sp³-hybridized carbons (Fsp3) is 0.149. The summed E-state index contributed by atoms with van der Waals surface area (Å²) in [7, 11) is 0. The van der Waals surface area contributed by atoms with Crippen molar-refractivity contribution in [2.75, 3.05) is 0 Å². The molecule has 0 saturated heterocycles. The van der Waals surface area contributed by atoms with Crippen molar-refractivity contribution in [3.8, 4) is 0 Å². The van der Waals surface area contributed by atoms with E-state index >= 15 is 0 Å². The third kappa shape index (κ3) is 8.96. The molecule has 0 nitrogen and oxygen atoms in total. The lowest BCUT2D eigenvalue weighted by Crippen LogP contribution is -1.92. The molecule has 0 aliphatic rings. The van der Waals surface area contributed by atoms with Crippen LogP contribution in [0.2, 0.25) is 0 Å². The second-order valence-corrected chi connectivity index (χ2v) is 12.2. The maximum absolute atomic E-state index is 4.28. The van der Waals surface area contributed by atoms with Gasteiger partial charge in [-0.25, -0.2) is 0 Å². The molecule has 0 amide bonds. The Morgan fingerprint density at radius 1 is 0.702 bits per heavy atom. The number of allylic oxidation sites excluding steroid dienone is 8. The average molecular weight is 613 g/mol. The molecule has 0 aliphatic heterocycles. The highest BCUT2D eigenvalue weighted by Crippen LogP contribution is 2.27. The number of fused-ring (bicyclic) bond motifs is 1. The fourth-order valence-electron chi connectivity index (χ4n) is 5.74. The monoisotopic (exact) mass is 612 g/mol. The van der Waals surface area contributed by atoms with E-state index in [2.05, 4.69) is 189 Å². The van der Waals surface area contributed by atoms with Crippen molar-refractivity contribution >= 4 is 33.6 Å². The van der Waals surface area contributed by atoms with Crippen LogP contribution in [0.25, 0.3) is 33.6 Å². The summed E-state index contributed by atoms with van der Waals surface area (Å²) in [5, 5.41) is 2.60. The zero-order chi connectivity index (χ0) is 33.9. The van der Waals surface area contributed by atoms with Crippen molar-refractivity contribution in [3.63, 3.8) is 0 Å². The molecule has 0 heteroatoms. The van der Waals surface area contributed by atoms with Gasteiger partial charge in [-0.1, -0.05) is 171 Å². The quantitative estimate of drug-likeness (QED) is 0.145. The predicted octanol–water partition coefficient (Wildman–Crippen LogP) is 13.3. The largest absolute Gasteiger partial charge is 0.0984 e. The van der Waals surface area contributed by atoms with E-state index < -0.39 is 0 Å². The van der Waals surface area contributed by atoms with E-state index in [1.807, 2.05) is 6.08 Å². The summed E-state index contributed by atoms with van der Waals surface area (Å²) in [4.78, 5) is 0. The highest BCUT2D eigenvalue weighted by atomic mass is 14.1. The maximum Gasteiger partial charge on any atom is -0.0149 e. The summed E-state index contributed by atoms with van der Waals surface area (Å²) in [5.41, 5.74) is 15.8.